The Hall–Kier alpha value is -0.620. The molecule has 0 radical (unpaired) electrons. The van der Waals surface area contributed by atoms with E-state index in [4.69, 9.17) is 0 Å². The lowest BCUT2D eigenvalue weighted by atomic mass is 10.4. The van der Waals surface area contributed by atoms with Gasteiger partial charge in [-0.15, -0.1) is 35.3 Å². The molecule has 2 N–H and O–H groups in total. The summed E-state index contributed by atoms with van der Waals surface area (Å²) in [5, 5.41) is 7.85. The molecule has 1 aliphatic rings. The third-order valence-electron chi connectivity index (χ3n) is 3.92. The summed E-state index contributed by atoms with van der Waals surface area (Å²) < 4.78 is 37.6. The molecular formula is C16H27F3IN5S. The first-order chi connectivity index (χ1) is 12.0. The third-order valence-corrected chi connectivity index (χ3v) is 4.83. The van der Waals surface area contributed by atoms with Crippen LogP contribution in [0.2, 0.25) is 0 Å². The van der Waals surface area contributed by atoms with Gasteiger partial charge in [0.05, 0.1) is 5.01 Å². The van der Waals surface area contributed by atoms with Crippen LogP contribution in [0.4, 0.5) is 13.2 Å². The van der Waals surface area contributed by atoms with Crippen molar-refractivity contribution in [1.29, 1.82) is 0 Å². The van der Waals surface area contributed by atoms with Crippen LogP contribution in [0.3, 0.4) is 0 Å². The largest absolute Gasteiger partial charge is 0.434 e. The summed E-state index contributed by atoms with van der Waals surface area (Å²) in [5.41, 5.74) is -0.810. The van der Waals surface area contributed by atoms with Gasteiger partial charge in [-0.1, -0.05) is 0 Å². The van der Waals surface area contributed by atoms with Crippen LogP contribution in [0.1, 0.15) is 36.9 Å². The van der Waals surface area contributed by atoms with Gasteiger partial charge in [0.1, 0.15) is 0 Å². The molecule has 0 amide bonds. The Morgan fingerprint density at radius 1 is 1.31 bits per heavy atom. The molecule has 1 aromatic heterocycles. The maximum atomic E-state index is 12.5. The van der Waals surface area contributed by atoms with Crippen LogP contribution >= 0.6 is 35.3 Å². The Morgan fingerprint density at radius 3 is 2.65 bits per heavy atom. The lowest BCUT2D eigenvalue weighted by molar-refractivity contribution is -0.140. The summed E-state index contributed by atoms with van der Waals surface area (Å²) >= 11 is 1.04. The first-order valence-electron chi connectivity index (χ1n) is 8.75. The quantitative estimate of drug-likeness (QED) is 0.246. The lowest BCUT2D eigenvalue weighted by Gasteiger charge is -2.14. The number of hydrogen-bond donors (Lipinski definition) is 2. The van der Waals surface area contributed by atoms with E-state index in [1.165, 1.54) is 25.9 Å². The predicted molar refractivity (Wildman–Crippen MR) is 111 cm³/mol. The van der Waals surface area contributed by atoms with E-state index >= 15 is 0 Å². The number of nitrogens with one attached hydrogen (secondary N) is 2. The normalized spacial score (nSPS) is 15.8. The number of rotatable bonds is 8. The number of aromatic nitrogens is 1. The summed E-state index contributed by atoms with van der Waals surface area (Å²) in [4.78, 5) is 10.6. The molecule has 0 unspecified atom stereocenters. The van der Waals surface area contributed by atoms with E-state index in [9.17, 15) is 13.2 Å². The summed E-state index contributed by atoms with van der Waals surface area (Å²) in [6.07, 6.45) is -0.328. The van der Waals surface area contributed by atoms with E-state index < -0.39 is 11.9 Å². The molecule has 0 atom stereocenters. The van der Waals surface area contributed by atoms with Gasteiger partial charge in [0.15, 0.2) is 11.7 Å². The topological polar surface area (TPSA) is 52.6 Å². The van der Waals surface area contributed by atoms with Crippen LogP contribution in [-0.2, 0) is 12.6 Å². The van der Waals surface area contributed by atoms with Crippen molar-refractivity contribution in [3.05, 3.63) is 16.1 Å². The first-order valence-corrected chi connectivity index (χ1v) is 9.63. The van der Waals surface area contributed by atoms with Crippen LogP contribution in [0, 0.1) is 0 Å². The fraction of sp³-hybridized carbons (Fsp3) is 0.750. The maximum Gasteiger partial charge on any atom is 0.434 e. The highest BCUT2D eigenvalue weighted by molar-refractivity contribution is 14.0. The molecule has 2 rings (SSSR count). The van der Waals surface area contributed by atoms with Gasteiger partial charge in [-0.25, -0.2) is 4.98 Å². The van der Waals surface area contributed by atoms with Crippen molar-refractivity contribution in [3.8, 4) is 0 Å². The SMILES string of the molecule is CCNC(=NCCCN1CCCC1)NCCc1nc(C(F)(F)F)cs1.I. The minimum absolute atomic E-state index is 0. The number of halogens is 4. The van der Waals surface area contributed by atoms with E-state index in [-0.39, 0.29) is 24.0 Å². The van der Waals surface area contributed by atoms with Crippen LogP contribution < -0.4 is 10.6 Å². The molecule has 150 valence electrons. The van der Waals surface area contributed by atoms with Crippen LogP contribution in [-0.4, -0.2) is 55.1 Å². The molecule has 1 saturated heterocycles. The predicted octanol–water partition coefficient (Wildman–Crippen LogP) is 3.36. The Morgan fingerprint density at radius 2 is 2.04 bits per heavy atom. The molecule has 0 bridgehead atoms. The number of hydrogen-bond acceptors (Lipinski definition) is 4. The zero-order valence-corrected chi connectivity index (χ0v) is 18.1. The summed E-state index contributed by atoms with van der Waals surface area (Å²) in [6, 6.07) is 0. The average Bonchev–Trinajstić information content (AvgIpc) is 3.22. The standard InChI is InChI=1S/C16H26F3N5S.HI/c1-2-20-15(21-7-5-11-24-9-3-4-10-24)22-8-6-14-23-13(12-25-14)16(17,18)19;/h12H,2-11H2,1H3,(H2,20,21,22);1H. The van der Waals surface area contributed by atoms with Gasteiger partial charge in [0.25, 0.3) is 0 Å². The van der Waals surface area contributed by atoms with Gasteiger partial charge in [-0.05, 0) is 45.8 Å². The Balaban J connectivity index is 0.00000338. The number of alkyl halides is 3. The fourth-order valence-corrected chi connectivity index (χ4v) is 3.48. The van der Waals surface area contributed by atoms with Crippen molar-refractivity contribution in [1.82, 2.24) is 20.5 Å². The molecule has 2 heterocycles. The molecule has 0 aliphatic carbocycles. The number of aliphatic imine (C=N–C) groups is 1. The zero-order valence-electron chi connectivity index (χ0n) is 14.9. The highest BCUT2D eigenvalue weighted by Gasteiger charge is 2.33. The molecule has 0 saturated carbocycles. The summed E-state index contributed by atoms with van der Waals surface area (Å²) in [6.45, 7) is 7.42. The minimum Gasteiger partial charge on any atom is -0.357 e. The van der Waals surface area contributed by atoms with E-state index in [0.29, 0.717) is 23.9 Å². The molecule has 1 fully saturated rings. The highest BCUT2D eigenvalue weighted by Crippen LogP contribution is 2.29. The van der Waals surface area contributed by atoms with Gasteiger partial charge in [0.2, 0.25) is 0 Å². The van der Waals surface area contributed by atoms with Gasteiger partial charge in [-0.2, -0.15) is 13.2 Å². The Bertz CT molecular complexity index is 544. The second-order valence-corrected chi connectivity index (χ2v) is 6.91. The maximum absolute atomic E-state index is 12.5. The lowest BCUT2D eigenvalue weighted by Crippen LogP contribution is -2.38. The molecule has 26 heavy (non-hydrogen) atoms. The average molecular weight is 505 g/mol. The number of nitrogens with zero attached hydrogens (tertiary/aromatic N) is 3. The molecule has 0 aromatic carbocycles. The van der Waals surface area contributed by atoms with Crippen LogP contribution in [0.25, 0.3) is 0 Å². The van der Waals surface area contributed by atoms with Crippen molar-refractivity contribution in [2.45, 2.75) is 38.8 Å². The molecule has 1 aromatic rings. The van der Waals surface area contributed by atoms with Crippen molar-refractivity contribution >= 4 is 41.3 Å². The molecule has 1 aliphatic heterocycles. The van der Waals surface area contributed by atoms with Crippen molar-refractivity contribution in [3.63, 3.8) is 0 Å². The zero-order chi connectivity index (χ0) is 18.1. The molecular weight excluding hydrogens is 478 g/mol. The van der Waals surface area contributed by atoms with Gasteiger partial charge >= 0.3 is 6.18 Å². The summed E-state index contributed by atoms with van der Waals surface area (Å²) in [5.74, 6) is 0.705. The van der Waals surface area contributed by atoms with Gasteiger partial charge in [-0.3, -0.25) is 4.99 Å². The van der Waals surface area contributed by atoms with Gasteiger partial charge < -0.3 is 15.5 Å². The van der Waals surface area contributed by atoms with E-state index in [1.54, 1.807) is 0 Å². The highest BCUT2D eigenvalue weighted by atomic mass is 127. The fourth-order valence-electron chi connectivity index (χ4n) is 2.68. The number of guanidine groups is 1. The Labute approximate surface area is 173 Å². The smallest absolute Gasteiger partial charge is 0.357 e. The van der Waals surface area contributed by atoms with Crippen molar-refractivity contribution < 1.29 is 13.2 Å². The van der Waals surface area contributed by atoms with Crippen molar-refractivity contribution in [2.75, 3.05) is 39.3 Å². The molecule has 10 heteroatoms. The van der Waals surface area contributed by atoms with Crippen molar-refractivity contribution in [2.24, 2.45) is 4.99 Å². The van der Waals surface area contributed by atoms with E-state index in [1.807, 2.05) is 6.92 Å². The van der Waals surface area contributed by atoms with Crippen LogP contribution in [0.5, 0.6) is 0 Å². The molecule has 0 spiro atoms. The van der Waals surface area contributed by atoms with E-state index in [2.05, 4.69) is 25.5 Å². The molecule has 5 nitrogen and oxygen atoms in total. The minimum atomic E-state index is -4.37. The van der Waals surface area contributed by atoms with Gasteiger partial charge in [0, 0.05) is 31.4 Å². The number of likely N-dealkylation sites (tertiary alicyclic amines) is 1. The van der Waals surface area contributed by atoms with Crippen LogP contribution in [0.15, 0.2) is 10.4 Å². The summed E-state index contributed by atoms with van der Waals surface area (Å²) in [7, 11) is 0. The number of thiazole rings is 1. The third kappa shape index (κ3) is 8.38. The second-order valence-electron chi connectivity index (χ2n) is 5.96. The van der Waals surface area contributed by atoms with E-state index in [0.717, 1.165) is 42.8 Å². The Kier molecular flexibility index (Phi) is 10.8. The second kappa shape index (κ2) is 12.0. The monoisotopic (exact) mass is 505 g/mol. The first kappa shape index (κ1) is 23.4.